The number of aromatic nitrogens is 2. The Bertz CT molecular complexity index is 993. The van der Waals surface area contributed by atoms with Gasteiger partial charge < -0.3 is 13.9 Å². The van der Waals surface area contributed by atoms with Crippen molar-refractivity contribution >= 4 is 17.5 Å². The minimum atomic E-state index is -1.07. The number of benzene rings is 2. The fourth-order valence-corrected chi connectivity index (χ4v) is 2.95. The fraction of sp³-hybridized carbons (Fsp3) is 0.118. The van der Waals surface area contributed by atoms with Crippen molar-refractivity contribution in [2.45, 2.75) is 5.22 Å². The molecule has 0 spiro atoms. The highest BCUT2D eigenvalue weighted by atomic mass is 32.2. The summed E-state index contributed by atoms with van der Waals surface area (Å²) in [7, 11) is 0. The van der Waals surface area contributed by atoms with Gasteiger partial charge in [-0.3, -0.25) is 4.79 Å². The zero-order valence-electron chi connectivity index (χ0n) is 13.1. The van der Waals surface area contributed by atoms with E-state index in [1.807, 2.05) is 0 Å². The predicted molar refractivity (Wildman–Crippen MR) is 87.3 cm³/mol. The summed E-state index contributed by atoms with van der Waals surface area (Å²) in [5, 5.41) is 7.99. The molecule has 2 heterocycles. The number of carbonyl (C=O) groups excluding carboxylic acids is 1. The van der Waals surface area contributed by atoms with Crippen molar-refractivity contribution in [2.24, 2.45) is 0 Å². The van der Waals surface area contributed by atoms with E-state index < -0.39 is 11.6 Å². The third-order valence-electron chi connectivity index (χ3n) is 3.59. The second-order valence-corrected chi connectivity index (χ2v) is 6.21. The van der Waals surface area contributed by atoms with Gasteiger partial charge in [-0.15, -0.1) is 10.2 Å². The van der Waals surface area contributed by atoms with Crippen molar-refractivity contribution in [1.29, 1.82) is 0 Å². The molecule has 0 fully saturated rings. The summed E-state index contributed by atoms with van der Waals surface area (Å²) in [6.07, 6.45) is 0. The molecule has 6 nitrogen and oxygen atoms in total. The van der Waals surface area contributed by atoms with Crippen LogP contribution in [-0.2, 0) is 0 Å². The minimum Gasteiger partial charge on any atom is -0.454 e. The average molecular weight is 376 g/mol. The van der Waals surface area contributed by atoms with Crippen LogP contribution in [0.2, 0.25) is 0 Å². The molecule has 0 radical (unpaired) electrons. The second-order valence-electron chi connectivity index (χ2n) is 5.28. The number of ether oxygens (including phenoxy) is 2. The van der Waals surface area contributed by atoms with E-state index in [-0.39, 0.29) is 35.0 Å². The van der Waals surface area contributed by atoms with Crippen LogP contribution in [0.3, 0.4) is 0 Å². The molecule has 0 saturated carbocycles. The molecular formula is C17H10F2N2O4S. The number of rotatable bonds is 5. The van der Waals surface area contributed by atoms with Crippen molar-refractivity contribution in [3.8, 4) is 23.0 Å². The average Bonchev–Trinajstić information content (AvgIpc) is 3.30. The van der Waals surface area contributed by atoms with Crippen LogP contribution in [0.15, 0.2) is 46.0 Å². The van der Waals surface area contributed by atoms with Crippen molar-refractivity contribution in [3.05, 3.63) is 53.6 Å². The Kier molecular flexibility index (Phi) is 4.29. The maximum atomic E-state index is 13.2. The monoisotopic (exact) mass is 376 g/mol. The van der Waals surface area contributed by atoms with Crippen molar-refractivity contribution < 1.29 is 27.5 Å². The van der Waals surface area contributed by atoms with E-state index in [0.29, 0.717) is 17.1 Å². The largest absolute Gasteiger partial charge is 0.454 e. The van der Waals surface area contributed by atoms with E-state index in [2.05, 4.69) is 10.2 Å². The maximum absolute atomic E-state index is 13.2. The molecule has 2 aromatic carbocycles. The molecular weight excluding hydrogens is 366 g/mol. The van der Waals surface area contributed by atoms with E-state index in [4.69, 9.17) is 13.9 Å². The molecule has 0 saturated heterocycles. The third-order valence-corrected chi connectivity index (χ3v) is 4.41. The summed E-state index contributed by atoms with van der Waals surface area (Å²) < 4.78 is 42.2. The summed E-state index contributed by atoms with van der Waals surface area (Å²) in [4.78, 5) is 12.1. The summed E-state index contributed by atoms with van der Waals surface area (Å²) in [6.45, 7) is 0.163. The first-order chi connectivity index (χ1) is 12.6. The van der Waals surface area contributed by atoms with Crippen LogP contribution in [0.4, 0.5) is 8.78 Å². The van der Waals surface area contributed by atoms with E-state index in [9.17, 15) is 13.6 Å². The lowest BCUT2D eigenvalue weighted by Crippen LogP contribution is -2.03. The topological polar surface area (TPSA) is 74.5 Å². The summed E-state index contributed by atoms with van der Waals surface area (Å²) in [5.74, 6) is -0.997. The molecule has 9 heteroatoms. The van der Waals surface area contributed by atoms with Gasteiger partial charge >= 0.3 is 0 Å². The molecule has 1 aliphatic rings. The first kappa shape index (κ1) is 16.5. The summed E-state index contributed by atoms with van der Waals surface area (Å²) in [6, 6.07) is 8.22. The molecule has 132 valence electrons. The Labute approximate surface area is 150 Å². The van der Waals surface area contributed by atoms with Crippen LogP contribution >= 0.6 is 11.8 Å². The molecule has 0 N–H and O–H groups in total. The van der Waals surface area contributed by atoms with E-state index in [1.165, 1.54) is 6.07 Å². The Morgan fingerprint density at radius 1 is 1.04 bits per heavy atom. The quantitative estimate of drug-likeness (QED) is 0.496. The van der Waals surface area contributed by atoms with Crippen molar-refractivity contribution in [3.63, 3.8) is 0 Å². The lowest BCUT2D eigenvalue weighted by molar-refractivity contribution is 0.102. The molecule has 0 amide bonds. The SMILES string of the molecule is O=C(CSc1nnc(-c2ccc3c(c2)OCO3)o1)c1ccc(F)c(F)c1. The Hall–Kier alpha value is -2.94. The normalized spacial score (nSPS) is 12.4. The molecule has 0 atom stereocenters. The third kappa shape index (κ3) is 3.25. The summed E-state index contributed by atoms with van der Waals surface area (Å²) in [5.41, 5.74) is 0.729. The van der Waals surface area contributed by atoms with Gasteiger partial charge in [0.15, 0.2) is 28.9 Å². The van der Waals surface area contributed by atoms with Crippen LogP contribution < -0.4 is 9.47 Å². The molecule has 0 unspecified atom stereocenters. The number of nitrogens with zero attached hydrogens (tertiary/aromatic N) is 2. The van der Waals surface area contributed by atoms with Crippen LogP contribution in [0.1, 0.15) is 10.4 Å². The number of hydrogen-bond donors (Lipinski definition) is 0. The minimum absolute atomic E-state index is 0.0478. The zero-order chi connectivity index (χ0) is 18.1. The van der Waals surface area contributed by atoms with Gasteiger partial charge in [-0.25, -0.2) is 8.78 Å². The molecule has 0 aliphatic carbocycles. The van der Waals surface area contributed by atoms with Crippen LogP contribution in [0.5, 0.6) is 11.5 Å². The van der Waals surface area contributed by atoms with Crippen LogP contribution in [-0.4, -0.2) is 28.5 Å². The zero-order valence-corrected chi connectivity index (χ0v) is 13.9. The van der Waals surface area contributed by atoms with Gasteiger partial charge in [-0.05, 0) is 36.4 Å². The molecule has 0 bridgehead atoms. The van der Waals surface area contributed by atoms with Gasteiger partial charge in [0.1, 0.15) is 0 Å². The van der Waals surface area contributed by atoms with E-state index in [1.54, 1.807) is 18.2 Å². The predicted octanol–water partition coefficient (Wildman–Crippen LogP) is 3.72. The highest BCUT2D eigenvalue weighted by molar-refractivity contribution is 7.99. The number of Topliss-reactive ketones (excluding diaryl/α,β-unsaturated/α-hetero) is 1. The maximum Gasteiger partial charge on any atom is 0.277 e. The molecule has 4 rings (SSSR count). The highest BCUT2D eigenvalue weighted by Crippen LogP contribution is 2.36. The van der Waals surface area contributed by atoms with E-state index >= 15 is 0 Å². The van der Waals surface area contributed by atoms with Gasteiger partial charge in [0.05, 0.1) is 5.75 Å². The number of carbonyl (C=O) groups is 1. The Morgan fingerprint density at radius 2 is 1.88 bits per heavy atom. The second kappa shape index (κ2) is 6.75. The smallest absolute Gasteiger partial charge is 0.277 e. The molecule has 26 heavy (non-hydrogen) atoms. The lowest BCUT2D eigenvalue weighted by Gasteiger charge is -2.00. The van der Waals surface area contributed by atoms with Gasteiger partial charge in [-0.1, -0.05) is 11.8 Å². The first-order valence-electron chi connectivity index (χ1n) is 7.45. The number of thioether (sulfide) groups is 1. The number of halogens is 2. The van der Waals surface area contributed by atoms with Gasteiger partial charge in [0, 0.05) is 11.1 Å². The molecule has 1 aliphatic heterocycles. The molecule has 1 aromatic heterocycles. The number of fused-ring (bicyclic) bond motifs is 1. The number of ketones is 1. The lowest BCUT2D eigenvalue weighted by atomic mass is 10.1. The Morgan fingerprint density at radius 3 is 2.73 bits per heavy atom. The standard InChI is InChI=1S/C17H10F2N2O4S/c18-11-3-1-9(5-12(11)19)13(22)7-26-17-21-20-16(25-17)10-2-4-14-15(6-10)24-8-23-14/h1-6H,7-8H2. The first-order valence-corrected chi connectivity index (χ1v) is 8.43. The fourth-order valence-electron chi connectivity index (χ4n) is 2.29. The molecule has 3 aromatic rings. The highest BCUT2D eigenvalue weighted by Gasteiger charge is 2.17. The Balaban J connectivity index is 1.43. The van der Waals surface area contributed by atoms with Crippen LogP contribution in [0.25, 0.3) is 11.5 Å². The van der Waals surface area contributed by atoms with Gasteiger partial charge in [-0.2, -0.15) is 0 Å². The van der Waals surface area contributed by atoms with Crippen molar-refractivity contribution in [2.75, 3.05) is 12.5 Å². The van der Waals surface area contributed by atoms with Gasteiger partial charge in [0.2, 0.25) is 12.7 Å². The van der Waals surface area contributed by atoms with Gasteiger partial charge in [0.25, 0.3) is 5.22 Å². The summed E-state index contributed by atoms with van der Waals surface area (Å²) >= 11 is 1.01. The number of hydrogen-bond acceptors (Lipinski definition) is 7. The van der Waals surface area contributed by atoms with Crippen molar-refractivity contribution in [1.82, 2.24) is 10.2 Å². The van der Waals surface area contributed by atoms with E-state index in [0.717, 1.165) is 23.9 Å². The van der Waals surface area contributed by atoms with Crippen LogP contribution in [0, 0.1) is 11.6 Å².